The summed E-state index contributed by atoms with van der Waals surface area (Å²) in [6.07, 6.45) is 2.04. The van der Waals surface area contributed by atoms with E-state index in [0.717, 1.165) is 11.1 Å². The third-order valence-corrected chi connectivity index (χ3v) is 4.71. The van der Waals surface area contributed by atoms with Crippen LogP contribution in [0.25, 0.3) is 6.08 Å². The number of ether oxygens (including phenoxy) is 2. The molecule has 0 N–H and O–H groups in total. The minimum absolute atomic E-state index is 0.104. The number of rotatable bonds is 8. The van der Waals surface area contributed by atoms with Gasteiger partial charge in [-0.3, -0.25) is 4.79 Å². The zero-order valence-electron chi connectivity index (χ0n) is 17.6. The van der Waals surface area contributed by atoms with Gasteiger partial charge in [0, 0.05) is 6.07 Å². The van der Waals surface area contributed by atoms with Crippen molar-refractivity contribution in [2.75, 3.05) is 0 Å². The second kappa shape index (κ2) is 10.4. The molecule has 0 fully saturated rings. The van der Waals surface area contributed by atoms with E-state index in [4.69, 9.17) is 9.47 Å². The SMILES string of the molecule is CC(=Cc1ccccc1)C(C(=O)OCc1cccc(Oc2ccccc2)n1)C(C)C. The molecule has 30 heavy (non-hydrogen) atoms. The van der Waals surface area contributed by atoms with Crippen LogP contribution in [0.5, 0.6) is 11.6 Å². The third-order valence-electron chi connectivity index (χ3n) is 4.71. The van der Waals surface area contributed by atoms with Gasteiger partial charge in [-0.25, -0.2) is 4.98 Å². The van der Waals surface area contributed by atoms with Crippen molar-refractivity contribution < 1.29 is 14.3 Å². The maximum Gasteiger partial charge on any atom is 0.313 e. The molecule has 0 saturated heterocycles. The van der Waals surface area contributed by atoms with Gasteiger partial charge in [0.2, 0.25) is 5.88 Å². The molecule has 0 aliphatic carbocycles. The monoisotopic (exact) mass is 401 g/mol. The number of hydrogen-bond acceptors (Lipinski definition) is 4. The van der Waals surface area contributed by atoms with Gasteiger partial charge in [-0.05, 0) is 36.6 Å². The average molecular weight is 402 g/mol. The van der Waals surface area contributed by atoms with Gasteiger partial charge in [0.25, 0.3) is 0 Å². The molecule has 1 heterocycles. The molecule has 1 unspecified atom stereocenters. The summed E-state index contributed by atoms with van der Waals surface area (Å²) in [4.78, 5) is 17.3. The number of carbonyl (C=O) groups is 1. The van der Waals surface area contributed by atoms with Crippen molar-refractivity contribution in [2.24, 2.45) is 11.8 Å². The van der Waals surface area contributed by atoms with E-state index in [1.54, 1.807) is 6.07 Å². The fourth-order valence-electron chi connectivity index (χ4n) is 3.32. The first-order valence-electron chi connectivity index (χ1n) is 10.1. The Balaban J connectivity index is 1.66. The first kappa shape index (κ1) is 21.3. The summed E-state index contributed by atoms with van der Waals surface area (Å²) < 4.78 is 11.4. The van der Waals surface area contributed by atoms with Crippen LogP contribution < -0.4 is 4.74 Å². The molecule has 4 heteroatoms. The second-order valence-electron chi connectivity index (χ2n) is 7.51. The average Bonchev–Trinajstić information content (AvgIpc) is 2.74. The molecule has 0 bridgehead atoms. The van der Waals surface area contributed by atoms with E-state index in [1.807, 2.05) is 99.6 Å². The fourth-order valence-corrected chi connectivity index (χ4v) is 3.32. The Morgan fingerprint density at radius 1 is 0.933 bits per heavy atom. The lowest BCUT2D eigenvalue weighted by Gasteiger charge is -2.20. The highest BCUT2D eigenvalue weighted by molar-refractivity contribution is 5.78. The van der Waals surface area contributed by atoms with Crippen molar-refractivity contribution in [1.82, 2.24) is 4.98 Å². The van der Waals surface area contributed by atoms with Gasteiger partial charge < -0.3 is 9.47 Å². The molecule has 1 atom stereocenters. The molecule has 0 aliphatic heterocycles. The van der Waals surface area contributed by atoms with Crippen LogP contribution in [0.2, 0.25) is 0 Å². The van der Waals surface area contributed by atoms with E-state index in [9.17, 15) is 4.79 Å². The summed E-state index contributed by atoms with van der Waals surface area (Å²) in [6.45, 7) is 6.14. The number of carbonyl (C=O) groups excluding carboxylic acids is 1. The van der Waals surface area contributed by atoms with E-state index < -0.39 is 0 Å². The molecule has 2 aromatic carbocycles. The molecule has 1 aromatic heterocycles. The maximum absolute atomic E-state index is 12.8. The van der Waals surface area contributed by atoms with Gasteiger partial charge in [0.1, 0.15) is 12.4 Å². The molecular weight excluding hydrogens is 374 g/mol. The number of para-hydroxylation sites is 1. The predicted molar refractivity (Wildman–Crippen MR) is 119 cm³/mol. The molecule has 0 saturated carbocycles. The molecular formula is C26H27NO3. The molecule has 3 aromatic rings. The Morgan fingerprint density at radius 3 is 2.27 bits per heavy atom. The van der Waals surface area contributed by atoms with Gasteiger partial charge in [-0.2, -0.15) is 0 Å². The van der Waals surface area contributed by atoms with E-state index in [0.29, 0.717) is 17.3 Å². The number of pyridine rings is 1. The second-order valence-corrected chi connectivity index (χ2v) is 7.51. The highest BCUT2D eigenvalue weighted by Gasteiger charge is 2.25. The van der Waals surface area contributed by atoms with Crippen LogP contribution >= 0.6 is 0 Å². The zero-order chi connectivity index (χ0) is 21.3. The summed E-state index contributed by atoms with van der Waals surface area (Å²) in [5.74, 6) is 0.744. The normalized spacial score (nSPS) is 12.5. The number of esters is 1. The molecule has 3 rings (SSSR count). The van der Waals surface area contributed by atoms with Gasteiger partial charge >= 0.3 is 5.97 Å². The maximum atomic E-state index is 12.8. The number of nitrogens with zero attached hydrogens (tertiary/aromatic N) is 1. The van der Waals surface area contributed by atoms with Crippen LogP contribution in [-0.2, 0) is 16.1 Å². The molecule has 0 amide bonds. The molecule has 0 aliphatic rings. The highest BCUT2D eigenvalue weighted by Crippen LogP contribution is 2.25. The largest absolute Gasteiger partial charge is 0.459 e. The lowest BCUT2D eigenvalue weighted by atomic mass is 9.88. The van der Waals surface area contributed by atoms with E-state index in [1.165, 1.54) is 0 Å². The Hall–Kier alpha value is -3.40. The summed E-state index contributed by atoms with van der Waals surface area (Å²) in [7, 11) is 0. The van der Waals surface area contributed by atoms with Crippen molar-refractivity contribution in [3.05, 3.63) is 95.7 Å². The van der Waals surface area contributed by atoms with Crippen molar-refractivity contribution in [3.63, 3.8) is 0 Å². The van der Waals surface area contributed by atoms with Gasteiger partial charge in [-0.1, -0.05) is 80.1 Å². The minimum Gasteiger partial charge on any atom is -0.459 e. The summed E-state index contributed by atoms with van der Waals surface area (Å²) in [5.41, 5.74) is 2.69. The molecule has 154 valence electrons. The van der Waals surface area contributed by atoms with E-state index in [2.05, 4.69) is 4.98 Å². The molecule has 0 spiro atoms. The zero-order valence-corrected chi connectivity index (χ0v) is 17.6. The number of aromatic nitrogens is 1. The molecule has 4 nitrogen and oxygen atoms in total. The Labute approximate surface area is 178 Å². The Kier molecular flexibility index (Phi) is 7.39. The Morgan fingerprint density at radius 2 is 1.60 bits per heavy atom. The van der Waals surface area contributed by atoms with Gasteiger partial charge in [-0.15, -0.1) is 0 Å². The molecule has 0 radical (unpaired) electrons. The topological polar surface area (TPSA) is 48.4 Å². The van der Waals surface area contributed by atoms with Gasteiger partial charge in [0.05, 0.1) is 11.6 Å². The number of hydrogen-bond donors (Lipinski definition) is 0. The van der Waals surface area contributed by atoms with Gasteiger partial charge in [0.15, 0.2) is 0 Å². The number of benzene rings is 2. The van der Waals surface area contributed by atoms with Crippen LogP contribution in [0.4, 0.5) is 0 Å². The van der Waals surface area contributed by atoms with Crippen LogP contribution in [0.3, 0.4) is 0 Å². The van der Waals surface area contributed by atoms with Crippen molar-refractivity contribution >= 4 is 12.0 Å². The van der Waals surface area contributed by atoms with Crippen LogP contribution in [0.15, 0.2) is 84.4 Å². The smallest absolute Gasteiger partial charge is 0.313 e. The Bertz CT molecular complexity index is 981. The first-order chi connectivity index (χ1) is 14.5. The van der Waals surface area contributed by atoms with E-state index >= 15 is 0 Å². The standard InChI is InChI=1S/C26H27NO3/c1-19(2)25(20(3)17-21-11-6-4-7-12-21)26(28)29-18-22-13-10-16-24(27-22)30-23-14-8-5-9-15-23/h4-17,19,25H,18H2,1-3H3. The van der Waals surface area contributed by atoms with Crippen molar-refractivity contribution in [2.45, 2.75) is 27.4 Å². The highest BCUT2D eigenvalue weighted by atomic mass is 16.5. The predicted octanol–water partition coefficient (Wildman–Crippen LogP) is 6.29. The summed E-state index contributed by atoms with van der Waals surface area (Å²) in [5, 5.41) is 0. The van der Waals surface area contributed by atoms with Crippen LogP contribution in [-0.4, -0.2) is 11.0 Å². The fraction of sp³-hybridized carbons (Fsp3) is 0.231. The first-order valence-corrected chi connectivity index (χ1v) is 10.1. The van der Waals surface area contributed by atoms with Crippen molar-refractivity contribution in [1.29, 1.82) is 0 Å². The summed E-state index contributed by atoms with van der Waals surface area (Å²) >= 11 is 0. The van der Waals surface area contributed by atoms with Crippen molar-refractivity contribution in [3.8, 4) is 11.6 Å². The lowest BCUT2D eigenvalue weighted by Crippen LogP contribution is -2.24. The third kappa shape index (κ3) is 6.05. The van der Waals surface area contributed by atoms with Crippen LogP contribution in [0.1, 0.15) is 32.0 Å². The lowest BCUT2D eigenvalue weighted by molar-refractivity contribution is -0.150. The quantitative estimate of drug-likeness (QED) is 0.416. The summed E-state index contributed by atoms with van der Waals surface area (Å²) in [6, 6.07) is 24.9. The minimum atomic E-state index is -0.311. The van der Waals surface area contributed by atoms with E-state index in [-0.39, 0.29) is 24.4 Å². The van der Waals surface area contributed by atoms with Crippen LogP contribution in [0, 0.1) is 11.8 Å².